The normalized spacial score (nSPS) is 11.2. The fourth-order valence-electron chi connectivity index (χ4n) is 0.927. The van der Waals surface area contributed by atoms with E-state index >= 15 is 0 Å². The average molecular weight is 217 g/mol. The molecule has 0 unspecified atom stereocenters. The van der Waals surface area contributed by atoms with E-state index < -0.39 is 11.5 Å². The summed E-state index contributed by atoms with van der Waals surface area (Å²) in [6.07, 6.45) is 0.209. The molecule has 0 aromatic carbocycles. The number of hydrogen-bond acceptors (Lipinski definition) is 3. The fourth-order valence-corrected chi connectivity index (χ4v) is 0.927. The molecule has 0 atom stereocenters. The van der Waals surface area contributed by atoms with Crippen molar-refractivity contribution >= 4 is 11.9 Å². The van der Waals surface area contributed by atoms with Crippen LogP contribution in [0.4, 0.5) is 0 Å². The first kappa shape index (κ1) is 13.9. The average Bonchev–Trinajstić information content (AvgIpc) is 2.16. The lowest BCUT2D eigenvalue weighted by molar-refractivity contribution is -0.155. The number of likely N-dealkylation sites (N-methyl/N-ethyl adjacent to an activating group) is 1. The van der Waals surface area contributed by atoms with E-state index in [9.17, 15) is 9.59 Å². The minimum Gasteiger partial charge on any atom is -0.480 e. The van der Waals surface area contributed by atoms with Crippen LogP contribution in [0.1, 0.15) is 27.2 Å². The smallest absolute Gasteiger partial charge is 0.329 e. The highest BCUT2D eigenvalue weighted by Crippen LogP contribution is 2.13. The van der Waals surface area contributed by atoms with E-state index in [1.807, 2.05) is 6.92 Å². The van der Waals surface area contributed by atoms with Gasteiger partial charge in [0.05, 0.1) is 13.0 Å². The maximum Gasteiger partial charge on any atom is 0.329 e. The van der Waals surface area contributed by atoms with Crippen LogP contribution in [0, 0.1) is 0 Å². The van der Waals surface area contributed by atoms with Crippen molar-refractivity contribution in [3.05, 3.63) is 0 Å². The minimum atomic E-state index is -1.18. The van der Waals surface area contributed by atoms with Crippen molar-refractivity contribution in [2.24, 2.45) is 0 Å². The first-order chi connectivity index (χ1) is 6.84. The molecule has 0 saturated heterocycles. The molecule has 0 fully saturated rings. The summed E-state index contributed by atoms with van der Waals surface area (Å²) in [5.74, 6) is -1.24. The minimum absolute atomic E-state index is 0.209. The number of ether oxygens (including phenoxy) is 1. The molecule has 0 aromatic heterocycles. The van der Waals surface area contributed by atoms with Crippen LogP contribution in [0.25, 0.3) is 0 Å². The Labute approximate surface area is 90.0 Å². The number of nitrogens with zero attached hydrogens (tertiary/aromatic N) is 1. The van der Waals surface area contributed by atoms with Gasteiger partial charge in [-0.15, -0.1) is 0 Å². The van der Waals surface area contributed by atoms with Crippen molar-refractivity contribution in [2.45, 2.75) is 32.7 Å². The van der Waals surface area contributed by atoms with Crippen molar-refractivity contribution in [3.8, 4) is 0 Å². The molecule has 0 aromatic rings. The van der Waals surface area contributed by atoms with Crippen LogP contribution in [0.3, 0.4) is 0 Å². The van der Waals surface area contributed by atoms with Crippen molar-refractivity contribution in [1.29, 1.82) is 0 Å². The highest BCUT2D eigenvalue weighted by molar-refractivity contribution is 5.86. The second-order valence-electron chi connectivity index (χ2n) is 3.76. The molecule has 0 rings (SSSR count). The summed E-state index contributed by atoms with van der Waals surface area (Å²) < 4.78 is 5.03. The standard InChI is InChI=1S/C10H19NO4/c1-5-15-7-6-8(12)11(4)10(2,3)9(13)14/h5-7H2,1-4H3,(H,13,14). The third-order valence-electron chi connectivity index (χ3n) is 2.40. The Balaban J connectivity index is 4.25. The van der Waals surface area contributed by atoms with Crippen molar-refractivity contribution in [2.75, 3.05) is 20.3 Å². The topological polar surface area (TPSA) is 66.8 Å². The second-order valence-corrected chi connectivity index (χ2v) is 3.76. The lowest BCUT2D eigenvalue weighted by atomic mass is 10.0. The van der Waals surface area contributed by atoms with E-state index in [1.165, 1.54) is 25.8 Å². The van der Waals surface area contributed by atoms with Gasteiger partial charge < -0.3 is 14.7 Å². The number of rotatable bonds is 6. The molecule has 0 aliphatic rings. The van der Waals surface area contributed by atoms with Gasteiger partial charge in [0.15, 0.2) is 0 Å². The molecule has 0 saturated carbocycles. The quantitative estimate of drug-likeness (QED) is 0.666. The molecule has 5 nitrogen and oxygen atoms in total. The van der Waals surface area contributed by atoms with Crippen LogP contribution in [-0.2, 0) is 14.3 Å². The van der Waals surface area contributed by atoms with Crippen LogP contribution in [0.5, 0.6) is 0 Å². The number of carboxylic acids is 1. The van der Waals surface area contributed by atoms with Crippen molar-refractivity contribution < 1.29 is 19.4 Å². The number of carbonyl (C=O) groups excluding carboxylic acids is 1. The highest BCUT2D eigenvalue weighted by Gasteiger charge is 2.34. The highest BCUT2D eigenvalue weighted by atomic mass is 16.5. The van der Waals surface area contributed by atoms with Crippen LogP contribution < -0.4 is 0 Å². The summed E-state index contributed by atoms with van der Waals surface area (Å²) in [5, 5.41) is 8.91. The van der Waals surface area contributed by atoms with E-state index in [2.05, 4.69) is 0 Å². The van der Waals surface area contributed by atoms with Crippen LogP contribution in [0.2, 0.25) is 0 Å². The van der Waals surface area contributed by atoms with Crippen LogP contribution in [-0.4, -0.2) is 47.7 Å². The van der Waals surface area contributed by atoms with Crippen LogP contribution in [0.15, 0.2) is 0 Å². The Bertz CT molecular complexity index is 238. The van der Waals surface area contributed by atoms with E-state index in [-0.39, 0.29) is 12.3 Å². The largest absolute Gasteiger partial charge is 0.480 e. The predicted molar refractivity (Wildman–Crippen MR) is 55.6 cm³/mol. The molecule has 0 radical (unpaired) electrons. The fraction of sp³-hybridized carbons (Fsp3) is 0.800. The van der Waals surface area contributed by atoms with Gasteiger partial charge in [-0.05, 0) is 20.8 Å². The van der Waals surface area contributed by atoms with Crippen molar-refractivity contribution in [3.63, 3.8) is 0 Å². The Morgan fingerprint density at radius 3 is 2.33 bits per heavy atom. The van der Waals surface area contributed by atoms with E-state index in [1.54, 1.807) is 0 Å². The summed E-state index contributed by atoms with van der Waals surface area (Å²) in [6.45, 7) is 5.71. The van der Waals surface area contributed by atoms with Crippen LogP contribution >= 0.6 is 0 Å². The monoisotopic (exact) mass is 217 g/mol. The second kappa shape index (κ2) is 5.70. The molecule has 0 bridgehead atoms. The zero-order chi connectivity index (χ0) is 12.1. The molecule has 1 amide bonds. The van der Waals surface area contributed by atoms with Gasteiger partial charge in [0.2, 0.25) is 5.91 Å². The van der Waals surface area contributed by atoms with Gasteiger partial charge in [0, 0.05) is 13.7 Å². The van der Waals surface area contributed by atoms with Gasteiger partial charge in [-0.2, -0.15) is 0 Å². The predicted octanol–water partition coefficient (Wildman–Crippen LogP) is 0.735. The third-order valence-corrected chi connectivity index (χ3v) is 2.40. The third kappa shape index (κ3) is 3.87. The number of hydrogen-bond donors (Lipinski definition) is 1. The number of aliphatic carboxylic acids is 1. The zero-order valence-corrected chi connectivity index (χ0v) is 9.74. The molecular formula is C10H19NO4. The summed E-state index contributed by atoms with van der Waals surface area (Å²) >= 11 is 0. The van der Waals surface area contributed by atoms with Gasteiger partial charge in [-0.3, -0.25) is 4.79 Å². The molecule has 0 aliphatic heterocycles. The summed E-state index contributed by atoms with van der Waals surface area (Å²) in [4.78, 5) is 23.7. The van der Waals surface area contributed by atoms with Gasteiger partial charge in [-0.1, -0.05) is 0 Å². The molecule has 0 aliphatic carbocycles. The Morgan fingerprint density at radius 1 is 1.40 bits per heavy atom. The van der Waals surface area contributed by atoms with E-state index in [4.69, 9.17) is 9.84 Å². The molecule has 0 spiro atoms. The summed E-state index contributed by atoms with van der Waals surface area (Å²) in [6, 6.07) is 0. The molecular weight excluding hydrogens is 198 g/mol. The first-order valence-corrected chi connectivity index (χ1v) is 4.91. The summed E-state index contributed by atoms with van der Waals surface area (Å²) in [5.41, 5.74) is -1.18. The van der Waals surface area contributed by atoms with Gasteiger partial charge in [0.1, 0.15) is 5.54 Å². The van der Waals surface area contributed by atoms with Gasteiger partial charge >= 0.3 is 5.97 Å². The molecule has 15 heavy (non-hydrogen) atoms. The number of carbonyl (C=O) groups is 2. The Kier molecular flexibility index (Phi) is 5.28. The lowest BCUT2D eigenvalue weighted by Crippen LogP contribution is -2.50. The van der Waals surface area contributed by atoms with E-state index in [0.717, 1.165) is 0 Å². The Morgan fingerprint density at radius 2 is 1.93 bits per heavy atom. The first-order valence-electron chi connectivity index (χ1n) is 4.91. The van der Waals surface area contributed by atoms with Gasteiger partial charge in [0.25, 0.3) is 0 Å². The van der Waals surface area contributed by atoms with Crippen molar-refractivity contribution in [1.82, 2.24) is 4.90 Å². The molecule has 1 N–H and O–H groups in total. The zero-order valence-electron chi connectivity index (χ0n) is 9.74. The molecule has 5 heteroatoms. The Hall–Kier alpha value is -1.10. The molecule has 0 heterocycles. The molecule has 88 valence electrons. The number of amides is 1. The number of carboxylic acid groups (broad SMARTS) is 1. The van der Waals surface area contributed by atoms with E-state index in [0.29, 0.717) is 13.2 Å². The maximum atomic E-state index is 11.6. The van der Waals surface area contributed by atoms with Gasteiger partial charge in [-0.25, -0.2) is 4.79 Å². The summed E-state index contributed by atoms with van der Waals surface area (Å²) in [7, 11) is 1.49. The lowest BCUT2D eigenvalue weighted by Gasteiger charge is -2.31. The SMILES string of the molecule is CCOCCC(=O)N(C)C(C)(C)C(=O)O. The maximum absolute atomic E-state index is 11.6.